The summed E-state index contributed by atoms with van der Waals surface area (Å²) in [6, 6.07) is 10.6. The number of benzene rings is 1. The number of hydrogen-bond acceptors (Lipinski definition) is 3. The molecule has 0 bridgehead atoms. The van der Waals surface area contributed by atoms with Crippen LogP contribution in [0.5, 0.6) is 0 Å². The molecule has 2 aromatic rings. The minimum atomic E-state index is -0.547. The third kappa shape index (κ3) is 3.54. The van der Waals surface area contributed by atoms with Crippen LogP contribution in [-0.4, -0.2) is 40.2 Å². The Hall–Kier alpha value is -2.47. The number of nitrogens with one attached hydrogen (secondary N) is 1. The molecule has 24 heavy (non-hydrogen) atoms. The molecule has 1 saturated heterocycles. The molecule has 2 amide bonds. The van der Waals surface area contributed by atoms with Gasteiger partial charge in [0.15, 0.2) is 0 Å². The van der Waals surface area contributed by atoms with Gasteiger partial charge in [-0.25, -0.2) is 9.18 Å². The average molecular weight is 329 g/mol. The van der Waals surface area contributed by atoms with Gasteiger partial charge in [-0.1, -0.05) is 18.2 Å². The molecule has 126 valence electrons. The van der Waals surface area contributed by atoms with Crippen LogP contribution in [0.15, 0.2) is 48.7 Å². The molecule has 2 N–H and O–H groups in total. The summed E-state index contributed by atoms with van der Waals surface area (Å²) in [6.45, 7) is 0.552. The lowest BCUT2D eigenvalue weighted by Crippen LogP contribution is -2.45. The van der Waals surface area contributed by atoms with Gasteiger partial charge in [0.05, 0.1) is 24.4 Å². The minimum Gasteiger partial charge on any atom is -0.394 e. The fraction of sp³-hybridized carbons (Fsp3) is 0.333. The number of nitrogens with zero attached hydrogens (tertiary/aromatic N) is 2. The Morgan fingerprint density at radius 3 is 2.96 bits per heavy atom. The van der Waals surface area contributed by atoms with E-state index in [1.165, 1.54) is 12.1 Å². The normalized spacial score (nSPS) is 18.4. The number of aliphatic hydroxyl groups is 1. The van der Waals surface area contributed by atoms with Crippen LogP contribution < -0.4 is 5.32 Å². The van der Waals surface area contributed by atoms with E-state index in [-0.39, 0.29) is 24.5 Å². The number of carbonyl (C=O) groups excluding carboxylic acids is 1. The second kappa shape index (κ2) is 7.40. The number of pyridine rings is 1. The number of hydrogen-bond donors (Lipinski definition) is 2. The topological polar surface area (TPSA) is 65.5 Å². The summed E-state index contributed by atoms with van der Waals surface area (Å²) in [6.07, 6.45) is 3.30. The summed E-state index contributed by atoms with van der Waals surface area (Å²) in [5.74, 6) is -0.364. The van der Waals surface area contributed by atoms with Crippen molar-refractivity contribution in [1.82, 2.24) is 15.2 Å². The molecule has 1 aromatic heterocycles. The molecule has 1 unspecified atom stereocenters. The van der Waals surface area contributed by atoms with Gasteiger partial charge in [-0.3, -0.25) is 4.98 Å². The van der Waals surface area contributed by atoms with Gasteiger partial charge in [-0.15, -0.1) is 0 Å². The quantitative estimate of drug-likeness (QED) is 0.906. The molecule has 6 heteroatoms. The molecule has 1 fully saturated rings. The highest BCUT2D eigenvalue weighted by atomic mass is 19.1. The maximum Gasteiger partial charge on any atom is 0.318 e. The molecule has 5 nitrogen and oxygen atoms in total. The standard InChI is InChI=1S/C18H20FN3O2/c19-14-6-3-5-13(11-14)17(16-8-1-2-9-20-16)21-18(24)22-10-4-7-15(22)12-23/h1-3,5-6,8-9,11,15,17,23H,4,7,10,12H2,(H,21,24)/t15-,17?/m1/s1. The first kappa shape index (κ1) is 16.4. The number of likely N-dealkylation sites (tertiary alicyclic amines) is 1. The third-order valence-corrected chi connectivity index (χ3v) is 4.28. The molecule has 1 aliphatic rings. The molecule has 1 aliphatic heterocycles. The zero-order valence-electron chi connectivity index (χ0n) is 13.2. The number of rotatable bonds is 4. The zero-order valence-corrected chi connectivity index (χ0v) is 13.2. The summed E-state index contributed by atoms with van der Waals surface area (Å²) in [5, 5.41) is 12.3. The van der Waals surface area contributed by atoms with E-state index in [1.807, 2.05) is 6.07 Å². The Morgan fingerprint density at radius 2 is 2.25 bits per heavy atom. The number of carbonyl (C=O) groups is 1. The summed E-state index contributed by atoms with van der Waals surface area (Å²) in [7, 11) is 0. The number of halogens is 1. The lowest BCUT2D eigenvalue weighted by Gasteiger charge is -2.27. The van der Waals surface area contributed by atoms with Gasteiger partial charge < -0.3 is 15.3 Å². The van der Waals surface area contributed by atoms with Crippen molar-refractivity contribution < 1.29 is 14.3 Å². The van der Waals surface area contributed by atoms with Crippen LogP contribution in [0.25, 0.3) is 0 Å². The summed E-state index contributed by atoms with van der Waals surface area (Å²) in [4.78, 5) is 18.6. The number of aliphatic hydroxyl groups excluding tert-OH is 1. The first-order chi connectivity index (χ1) is 11.7. The van der Waals surface area contributed by atoms with Crippen LogP contribution >= 0.6 is 0 Å². The summed E-state index contributed by atoms with van der Waals surface area (Å²) < 4.78 is 13.6. The van der Waals surface area contributed by atoms with E-state index < -0.39 is 6.04 Å². The highest BCUT2D eigenvalue weighted by Crippen LogP contribution is 2.23. The van der Waals surface area contributed by atoms with E-state index in [1.54, 1.807) is 35.4 Å². The lowest BCUT2D eigenvalue weighted by molar-refractivity contribution is 0.155. The first-order valence-corrected chi connectivity index (χ1v) is 8.03. The van der Waals surface area contributed by atoms with Gasteiger partial charge in [0.2, 0.25) is 0 Å². The van der Waals surface area contributed by atoms with Crippen molar-refractivity contribution in [3.8, 4) is 0 Å². The Bertz CT molecular complexity index is 696. The smallest absolute Gasteiger partial charge is 0.318 e. The van der Waals surface area contributed by atoms with E-state index in [4.69, 9.17) is 0 Å². The third-order valence-electron chi connectivity index (χ3n) is 4.28. The highest BCUT2D eigenvalue weighted by Gasteiger charge is 2.30. The van der Waals surface area contributed by atoms with Crippen LogP contribution in [0.2, 0.25) is 0 Å². The Morgan fingerprint density at radius 1 is 1.38 bits per heavy atom. The van der Waals surface area contributed by atoms with E-state index in [9.17, 15) is 14.3 Å². The highest BCUT2D eigenvalue weighted by molar-refractivity contribution is 5.76. The molecule has 0 radical (unpaired) electrons. The molecule has 0 aliphatic carbocycles. The first-order valence-electron chi connectivity index (χ1n) is 8.03. The van der Waals surface area contributed by atoms with Crippen molar-refractivity contribution in [3.63, 3.8) is 0 Å². The maximum absolute atomic E-state index is 13.6. The molecule has 2 heterocycles. The Labute approximate surface area is 140 Å². The molecular formula is C18H20FN3O2. The van der Waals surface area contributed by atoms with Crippen LogP contribution in [0.1, 0.15) is 30.1 Å². The zero-order chi connectivity index (χ0) is 16.9. The summed E-state index contributed by atoms with van der Waals surface area (Å²) in [5.41, 5.74) is 1.26. The number of urea groups is 1. The SMILES string of the molecule is O=C(NC(c1cccc(F)c1)c1ccccn1)N1CCC[C@@H]1CO. The predicted octanol–water partition coefficient (Wildman–Crippen LogP) is 2.48. The number of aromatic nitrogens is 1. The summed E-state index contributed by atoms with van der Waals surface area (Å²) >= 11 is 0. The van der Waals surface area contributed by atoms with Crippen molar-refractivity contribution in [2.45, 2.75) is 24.9 Å². The largest absolute Gasteiger partial charge is 0.394 e. The Balaban J connectivity index is 1.87. The van der Waals surface area contributed by atoms with Crippen LogP contribution in [-0.2, 0) is 0 Å². The van der Waals surface area contributed by atoms with Gasteiger partial charge in [-0.2, -0.15) is 0 Å². The van der Waals surface area contributed by atoms with Crippen molar-refractivity contribution in [2.24, 2.45) is 0 Å². The van der Waals surface area contributed by atoms with Gasteiger partial charge >= 0.3 is 6.03 Å². The van der Waals surface area contributed by atoms with Crippen LogP contribution in [0.3, 0.4) is 0 Å². The van der Waals surface area contributed by atoms with Crippen molar-refractivity contribution in [1.29, 1.82) is 0 Å². The Kier molecular flexibility index (Phi) is 5.05. The average Bonchev–Trinajstić information content (AvgIpc) is 3.09. The van der Waals surface area contributed by atoms with Crippen molar-refractivity contribution in [2.75, 3.05) is 13.2 Å². The maximum atomic E-state index is 13.6. The van der Waals surface area contributed by atoms with Crippen LogP contribution in [0, 0.1) is 5.82 Å². The molecule has 3 rings (SSSR count). The fourth-order valence-electron chi connectivity index (χ4n) is 3.06. The van der Waals surface area contributed by atoms with E-state index in [0.717, 1.165) is 12.8 Å². The van der Waals surface area contributed by atoms with Gasteiger partial charge in [0, 0.05) is 12.7 Å². The van der Waals surface area contributed by atoms with Gasteiger partial charge in [0.1, 0.15) is 5.82 Å². The van der Waals surface area contributed by atoms with Gasteiger partial charge in [0.25, 0.3) is 0 Å². The lowest BCUT2D eigenvalue weighted by atomic mass is 10.0. The number of amides is 2. The second-order valence-electron chi connectivity index (χ2n) is 5.86. The van der Waals surface area contributed by atoms with E-state index in [2.05, 4.69) is 10.3 Å². The van der Waals surface area contributed by atoms with E-state index in [0.29, 0.717) is 17.8 Å². The van der Waals surface area contributed by atoms with Crippen molar-refractivity contribution >= 4 is 6.03 Å². The van der Waals surface area contributed by atoms with Crippen molar-refractivity contribution in [3.05, 3.63) is 65.7 Å². The molecule has 0 spiro atoms. The predicted molar refractivity (Wildman–Crippen MR) is 87.8 cm³/mol. The molecule has 0 saturated carbocycles. The molecular weight excluding hydrogens is 309 g/mol. The molecule has 2 atom stereocenters. The fourth-order valence-corrected chi connectivity index (χ4v) is 3.06. The molecule has 1 aromatic carbocycles. The van der Waals surface area contributed by atoms with Crippen LogP contribution in [0.4, 0.5) is 9.18 Å². The monoisotopic (exact) mass is 329 g/mol. The second-order valence-corrected chi connectivity index (χ2v) is 5.86. The minimum absolute atomic E-state index is 0.0539. The van der Waals surface area contributed by atoms with E-state index >= 15 is 0 Å². The van der Waals surface area contributed by atoms with Gasteiger partial charge in [-0.05, 0) is 42.7 Å².